The van der Waals surface area contributed by atoms with Crippen LogP contribution in [0.2, 0.25) is 0 Å². The van der Waals surface area contributed by atoms with Gasteiger partial charge >= 0.3 is 0 Å². The second-order valence-electron chi connectivity index (χ2n) is 8.48. The van der Waals surface area contributed by atoms with E-state index in [1.54, 1.807) is 25.1 Å². The van der Waals surface area contributed by atoms with Crippen LogP contribution in [-0.2, 0) is 19.2 Å². The summed E-state index contributed by atoms with van der Waals surface area (Å²) in [5.74, 6) is -3.15. The fraction of sp³-hybridized carbons (Fsp3) is 0.333. The predicted molar refractivity (Wildman–Crippen MR) is 109 cm³/mol. The highest BCUT2D eigenvalue weighted by molar-refractivity contribution is 6.23. The molecule has 1 heterocycles. The highest BCUT2D eigenvalue weighted by Crippen LogP contribution is 2.55. The molecule has 2 amide bonds. The third-order valence-electron chi connectivity index (χ3n) is 6.97. The number of hydrogen-bond acceptors (Lipinski definition) is 6. The molecule has 1 aromatic carbocycles. The first-order chi connectivity index (χ1) is 14.8. The number of rotatable bonds is 2. The number of allylic oxidation sites excluding steroid dienone is 6. The number of Topliss-reactive ketones (excluding diaryl/α,β-unsaturated/α-hetero) is 1. The Morgan fingerprint density at radius 1 is 1.10 bits per heavy atom. The number of ketones is 2. The maximum absolute atomic E-state index is 13.1. The van der Waals surface area contributed by atoms with Gasteiger partial charge in [-0.05, 0) is 37.8 Å². The van der Waals surface area contributed by atoms with Gasteiger partial charge in [-0.25, -0.2) is 0 Å². The first-order valence-electron chi connectivity index (χ1n) is 10.2. The Labute approximate surface area is 178 Å². The van der Waals surface area contributed by atoms with Crippen molar-refractivity contribution < 1.29 is 29.0 Å². The number of imide groups is 1. The number of ether oxygens (including phenoxy) is 1. The van der Waals surface area contributed by atoms with Crippen LogP contribution in [0.3, 0.4) is 0 Å². The third-order valence-corrected chi connectivity index (χ3v) is 6.97. The predicted octanol–water partition coefficient (Wildman–Crippen LogP) is 2.12. The second-order valence-corrected chi connectivity index (χ2v) is 8.48. The molecule has 1 aromatic rings. The summed E-state index contributed by atoms with van der Waals surface area (Å²) in [5, 5.41) is 13.3. The lowest BCUT2D eigenvalue weighted by atomic mass is 9.59. The number of amides is 2. The van der Waals surface area contributed by atoms with Crippen molar-refractivity contribution in [1.29, 1.82) is 0 Å². The molecule has 4 unspecified atom stereocenters. The Hall–Kier alpha value is -3.48. The van der Waals surface area contributed by atoms with Crippen molar-refractivity contribution in [3.05, 3.63) is 58.2 Å². The van der Waals surface area contributed by atoms with E-state index in [-0.39, 0.29) is 41.3 Å². The molecule has 0 saturated carbocycles. The average Bonchev–Trinajstić information content (AvgIpc) is 3.04. The molecule has 0 bridgehead atoms. The molecule has 3 aliphatic carbocycles. The summed E-state index contributed by atoms with van der Waals surface area (Å²) in [6.07, 6.45) is 3.83. The fourth-order valence-electron chi connectivity index (χ4n) is 5.59. The largest absolute Gasteiger partial charge is 0.504 e. The molecule has 1 saturated heterocycles. The van der Waals surface area contributed by atoms with Crippen molar-refractivity contribution in [1.82, 2.24) is 5.32 Å². The van der Waals surface area contributed by atoms with Gasteiger partial charge in [0.1, 0.15) is 0 Å². The van der Waals surface area contributed by atoms with Gasteiger partial charge in [0.15, 0.2) is 23.1 Å². The van der Waals surface area contributed by atoms with E-state index in [9.17, 15) is 24.3 Å². The van der Waals surface area contributed by atoms with Gasteiger partial charge in [0.2, 0.25) is 11.8 Å². The van der Waals surface area contributed by atoms with Crippen molar-refractivity contribution in [2.75, 3.05) is 7.11 Å². The number of benzene rings is 1. The normalized spacial score (nSPS) is 29.6. The summed E-state index contributed by atoms with van der Waals surface area (Å²) in [4.78, 5) is 51.1. The first kappa shape index (κ1) is 19.5. The molecule has 2 N–H and O–H groups in total. The van der Waals surface area contributed by atoms with Crippen LogP contribution >= 0.6 is 0 Å². The first-order valence-corrected chi connectivity index (χ1v) is 10.2. The van der Waals surface area contributed by atoms with Gasteiger partial charge in [-0.15, -0.1) is 0 Å². The van der Waals surface area contributed by atoms with Crippen molar-refractivity contribution in [3.8, 4) is 11.5 Å². The SMILES string of the molecule is COc1cccc(C2C3=CCC4C(=O)NC(=O)C4C3CC3=C2C(=O)C=C(C)C3=O)c1O. The Bertz CT molecular complexity index is 1170. The van der Waals surface area contributed by atoms with Crippen LogP contribution < -0.4 is 10.1 Å². The van der Waals surface area contributed by atoms with Crippen LogP contribution in [0.4, 0.5) is 0 Å². The molecule has 0 radical (unpaired) electrons. The Morgan fingerprint density at radius 2 is 1.87 bits per heavy atom. The van der Waals surface area contributed by atoms with Gasteiger partial charge in [0, 0.05) is 28.2 Å². The zero-order chi connectivity index (χ0) is 22.0. The van der Waals surface area contributed by atoms with Crippen molar-refractivity contribution in [3.63, 3.8) is 0 Å². The molecule has 5 rings (SSSR count). The summed E-state index contributed by atoms with van der Waals surface area (Å²) in [7, 11) is 1.44. The van der Waals surface area contributed by atoms with E-state index < -0.39 is 23.7 Å². The van der Waals surface area contributed by atoms with E-state index in [1.807, 2.05) is 6.08 Å². The molecule has 7 nitrogen and oxygen atoms in total. The minimum absolute atomic E-state index is 0.107. The standard InChI is InChI=1S/C24H21NO6/c1-10-8-16(26)20-15(21(10)27)9-14-11(6-7-13-19(14)24(30)25-23(13)29)18(20)12-4-3-5-17(31-2)22(12)28/h3-6,8,13-14,18-19,28H,7,9H2,1-2H3,(H,25,29,30). The molecule has 0 spiro atoms. The smallest absolute Gasteiger partial charge is 0.231 e. The van der Waals surface area contributed by atoms with Crippen molar-refractivity contribution >= 4 is 23.4 Å². The fourth-order valence-corrected chi connectivity index (χ4v) is 5.59. The lowest BCUT2D eigenvalue weighted by molar-refractivity contribution is -0.126. The number of carbonyl (C=O) groups excluding carboxylic acids is 4. The topological polar surface area (TPSA) is 110 Å². The Morgan fingerprint density at radius 3 is 2.61 bits per heavy atom. The van der Waals surface area contributed by atoms with E-state index in [1.165, 1.54) is 13.2 Å². The second kappa shape index (κ2) is 6.77. The number of phenolic OH excluding ortho intramolecular Hbond substituents is 1. The number of carbonyl (C=O) groups is 4. The number of aromatic hydroxyl groups is 1. The van der Waals surface area contributed by atoms with E-state index >= 15 is 0 Å². The number of nitrogens with one attached hydrogen (secondary N) is 1. The quantitative estimate of drug-likeness (QED) is 0.432. The molecule has 1 aliphatic heterocycles. The highest BCUT2D eigenvalue weighted by atomic mass is 16.5. The monoisotopic (exact) mass is 419 g/mol. The van der Waals surface area contributed by atoms with E-state index in [0.29, 0.717) is 28.7 Å². The molecule has 31 heavy (non-hydrogen) atoms. The molecular weight excluding hydrogens is 398 g/mol. The third kappa shape index (κ3) is 2.65. The number of fused-ring (bicyclic) bond motifs is 3. The number of phenols is 1. The van der Waals surface area contributed by atoms with Crippen molar-refractivity contribution in [2.24, 2.45) is 17.8 Å². The summed E-state index contributed by atoms with van der Waals surface area (Å²) in [5.41, 5.74) is 2.30. The van der Waals surface area contributed by atoms with E-state index in [4.69, 9.17) is 4.74 Å². The van der Waals surface area contributed by atoms with Gasteiger partial charge in [-0.2, -0.15) is 0 Å². The molecule has 158 valence electrons. The van der Waals surface area contributed by atoms with E-state index in [0.717, 1.165) is 5.57 Å². The van der Waals surface area contributed by atoms with Crippen LogP contribution in [0.25, 0.3) is 0 Å². The van der Waals surface area contributed by atoms with E-state index in [2.05, 4.69) is 5.32 Å². The molecule has 1 fully saturated rings. The highest BCUT2D eigenvalue weighted by Gasteiger charge is 2.53. The zero-order valence-electron chi connectivity index (χ0n) is 17.1. The van der Waals surface area contributed by atoms with Crippen molar-refractivity contribution in [2.45, 2.75) is 25.7 Å². The molecule has 4 atom stereocenters. The summed E-state index contributed by atoms with van der Waals surface area (Å²) >= 11 is 0. The van der Waals surface area contributed by atoms with Gasteiger partial charge < -0.3 is 9.84 Å². The lowest BCUT2D eigenvalue weighted by Crippen LogP contribution is -2.39. The van der Waals surface area contributed by atoms with Gasteiger partial charge in [0.25, 0.3) is 0 Å². The Balaban J connectivity index is 1.75. The van der Waals surface area contributed by atoms with Crippen LogP contribution in [-0.4, -0.2) is 35.6 Å². The minimum atomic E-state index is -0.686. The van der Waals surface area contributed by atoms with Gasteiger partial charge in [-0.1, -0.05) is 23.8 Å². The number of para-hydroxylation sites is 1. The summed E-state index contributed by atoms with van der Waals surface area (Å²) < 4.78 is 5.26. The summed E-state index contributed by atoms with van der Waals surface area (Å²) in [6.45, 7) is 1.60. The minimum Gasteiger partial charge on any atom is -0.504 e. The molecule has 4 aliphatic rings. The molecular formula is C24H21NO6. The molecule has 0 aromatic heterocycles. The maximum atomic E-state index is 13.1. The molecule has 7 heteroatoms. The van der Waals surface area contributed by atoms with Gasteiger partial charge in [0.05, 0.1) is 18.9 Å². The van der Waals surface area contributed by atoms with Crippen LogP contribution in [0.5, 0.6) is 11.5 Å². The summed E-state index contributed by atoms with van der Waals surface area (Å²) in [6, 6.07) is 5.03. The van der Waals surface area contributed by atoms with Gasteiger partial charge in [-0.3, -0.25) is 24.5 Å². The maximum Gasteiger partial charge on any atom is 0.231 e. The Kier molecular flexibility index (Phi) is 4.25. The van der Waals surface area contributed by atoms with Crippen LogP contribution in [0.15, 0.2) is 52.6 Å². The number of methoxy groups -OCH3 is 1. The number of hydrogen-bond donors (Lipinski definition) is 2. The average molecular weight is 419 g/mol. The lowest BCUT2D eigenvalue weighted by Gasteiger charge is -2.42. The van der Waals surface area contributed by atoms with Crippen LogP contribution in [0, 0.1) is 17.8 Å². The zero-order valence-corrected chi connectivity index (χ0v) is 17.1. The van der Waals surface area contributed by atoms with Crippen LogP contribution in [0.1, 0.15) is 31.2 Å².